The second-order valence-electron chi connectivity index (χ2n) is 5.51. The van der Waals surface area contributed by atoms with Crippen LogP contribution in [-0.2, 0) is 9.47 Å². The summed E-state index contributed by atoms with van der Waals surface area (Å²) in [6.45, 7) is 6.89. The Morgan fingerprint density at radius 1 is 1.63 bits per heavy atom. The van der Waals surface area contributed by atoms with Crippen LogP contribution < -0.4 is 5.73 Å². The van der Waals surface area contributed by atoms with Gasteiger partial charge in [-0.05, 0) is 20.8 Å². The predicted molar refractivity (Wildman–Crippen MR) is 69.5 cm³/mol. The van der Waals surface area contributed by atoms with E-state index in [2.05, 4.69) is 10.2 Å². The second kappa shape index (κ2) is 5.08. The lowest BCUT2D eigenvalue weighted by molar-refractivity contribution is -0.0340. The fourth-order valence-electron chi connectivity index (χ4n) is 1.91. The van der Waals surface area contributed by atoms with E-state index in [1.165, 1.54) is 0 Å². The average Bonchev–Trinajstić information content (AvgIpc) is 2.73. The van der Waals surface area contributed by atoms with Crippen molar-refractivity contribution >= 4 is 11.9 Å². The van der Waals surface area contributed by atoms with Crippen LogP contribution in [0.25, 0.3) is 0 Å². The summed E-state index contributed by atoms with van der Waals surface area (Å²) in [5.74, 6) is 0.463. The molecule has 0 radical (unpaired) electrons. The summed E-state index contributed by atoms with van der Waals surface area (Å²) in [6.07, 6.45) is -0.359. The highest BCUT2D eigenvalue weighted by Crippen LogP contribution is 2.25. The molecule has 0 bridgehead atoms. The Balaban J connectivity index is 2.14. The molecule has 2 rings (SSSR count). The zero-order chi connectivity index (χ0) is 14.0. The van der Waals surface area contributed by atoms with Gasteiger partial charge in [0.05, 0.1) is 18.9 Å². The van der Waals surface area contributed by atoms with Crippen LogP contribution in [0.5, 0.6) is 0 Å². The molecule has 1 aromatic heterocycles. The molecular weight excluding hydrogens is 248 g/mol. The first kappa shape index (κ1) is 13.7. The molecule has 1 atom stereocenters. The quantitative estimate of drug-likeness (QED) is 0.800. The Morgan fingerprint density at radius 3 is 2.95 bits per heavy atom. The number of aromatic amines is 1. The van der Waals surface area contributed by atoms with Gasteiger partial charge in [0.15, 0.2) is 0 Å². The van der Waals surface area contributed by atoms with Crippen molar-refractivity contribution in [1.29, 1.82) is 0 Å². The first-order chi connectivity index (χ1) is 8.87. The van der Waals surface area contributed by atoms with Gasteiger partial charge in [-0.3, -0.25) is 10.00 Å². The Kier molecular flexibility index (Phi) is 3.66. The molecule has 1 amide bonds. The van der Waals surface area contributed by atoms with E-state index in [9.17, 15) is 4.79 Å². The summed E-state index contributed by atoms with van der Waals surface area (Å²) in [6, 6.07) is 1.44. The number of rotatable bonds is 1. The van der Waals surface area contributed by atoms with Gasteiger partial charge < -0.3 is 15.2 Å². The predicted octanol–water partition coefficient (Wildman–Crippen LogP) is 1.30. The van der Waals surface area contributed by atoms with Crippen LogP contribution in [0, 0.1) is 0 Å². The number of carbonyl (C=O) groups is 1. The van der Waals surface area contributed by atoms with Crippen molar-refractivity contribution in [1.82, 2.24) is 15.1 Å². The molecule has 1 aliphatic rings. The molecule has 0 aromatic carbocycles. The van der Waals surface area contributed by atoms with Gasteiger partial charge in [0.1, 0.15) is 17.5 Å². The number of nitrogens with two attached hydrogens (primary N) is 1. The molecule has 106 valence electrons. The van der Waals surface area contributed by atoms with Crippen molar-refractivity contribution in [3.05, 3.63) is 11.8 Å². The molecule has 3 N–H and O–H groups in total. The topological polar surface area (TPSA) is 93.5 Å². The number of ether oxygens (including phenoxy) is 2. The van der Waals surface area contributed by atoms with Gasteiger partial charge in [-0.15, -0.1) is 0 Å². The maximum absolute atomic E-state index is 12.2. The standard InChI is InChI=1S/C12H20N4O3/c1-12(2,3)19-11(17)16-4-5-18-7-9(16)8-6-10(13)15-14-8/h6,9H,4-5,7H2,1-3H3,(H3,13,14,15). The number of carbonyl (C=O) groups excluding carboxylic acids is 1. The fourth-order valence-corrected chi connectivity index (χ4v) is 1.91. The molecule has 1 aromatic rings. The SMILES string of the molecule is CC(C)(C)OC(=O)N1CCOCC1c1cc(N)[nH]n1. The maximum Gasteiger partial charge on any atom is 0.411 e. The molecule has 2 heterocycles. The number of anilines is 1. The van der Waals surface area contributed by atoms with E-state index in [0.29, 0.717) is 31.3 Å². The van der Waals surface area contributed by atoms with E-state index in [4.69, 9.17) is 15.2 Å². The molecule has 1 fully saturated rings. The molecule has 0 aliphatic carbocycles. The number of hydrogen-bond acceptors (Lipinski definition) is 5. The normalized spacial score (nSPS) is 20.4. The first-order valence-corrected chi connectivity index (χ1v) is 6.25. The van der Waals surface area contributed by atoms with Crippen LogP contribution in [0.15, 0.2) is 6.07 Å². The summed E-state index contributed by atoms with van der Waals surface area (Å²) in [5, 5.41) is 6.76. The lowest BCUT2D eigenvalue weighted by Crippen LogP contribution is -2.45. The van der Waals surface area contributed by atoms with E-state index in [-0.39, 0.29) is 12.1 Å². The molecule has 0 spiro atoms. The first-order valence-electron chi connectivity index (χ1n) is 6.25. The zero-order valence-electron chi connectivity index (χ0n) is 11.5. The number of amides is 1. The summed E-state index contributed by atoms with van der Waals surface area (Å²) in [4.78, 5) is 13.8. The highest BCUT2D eigenvalue weighted by molar-refractivity contribution is 5.69. The van der Waals surface area contributed by atoms with Crippen LogP contribution in [0.1, 0.15) is 32.5 Å². The van der Waals surface area contributed by atoms with Gasteiger partial charge in [0.2, 0.25) is 0 Å². The molecule has 0 saturated carbocycles. The minimum Gasteiger partial charge on any atom is -0.444 e. The Hall–Kier alpha value is -1.76. The monoisotopic (exact) mass is 268 g/mol. The molecule has 1 unspecified atom stereocenters. The fraction of sp³-hybridized carbons (Fsp3) is 0.667. The number of morpholine rings is 1. The van der Waals surface area contributed by atoms with E-state index < -0.39 is 5.60 Å². The van der Waals surface area contributed by atoms with E-state index in [1.54, 1.807) is 11.0 Å². The van der Waals surface area contributed by atoms with Gasteiger partial charge in [0.25, 0.3) is 0 Å². The molecule has 1 aliphatic heterocycles. The number of nitrogens with zero attached hydrogens (tertiary/aromatic N) is 2. The van der Waals surface area contributed by atoms with Gasteiger partial charge >= 0.3 is 6.09 Å². The van der Waals surface area contributed by atoms with Crippen molar-refractivity contribution in [2.75, 3.05) is 25.5 Å². The third-order valence-electron chi connectivity index (χ3n) is 2.72. The number of H-pyrrole nitrogens is 1. The number of aromatic nitrogens is 2. The van der Waals surface area contributed by atoms with Crippen LogP contribution in [-0.4, -0.2) is 46.6 Å². The average molecular weight is 268 g/mol. The summed E-state index contributed by atoms with van der Waals surface area (Å²) >= 11 is 0. The van der Waals surface area contributed by atoms with Crippen molar-refractivity contribution in [2.24, 2.45) is 0 Å². The number of hydrogen-bond donors (Lipinski definition) is 2. The second-order valence-corrected chi connectivity index (χ2v) is 5.51. The van der Waals surface area contributed by atoms with Gasteiger partial charge in [-0.25, -0.2) is 4.79 Å². The van der Waals surface area contributed by atoms with Crippen molar-refractivity contribution in [3.63, 3.8) is 0 Å². The molecule has 19 heavy (non-hydrogen) atoms. The van der Waals surface area contributed by atoms with Gasteiger partial charge in [-0.1, -0.05) is 0 Å². The van der Waals surface area contributed by atoms with Crippen LogP contribution >= 0.6 is 0 Å². The third-order valence-corrected chi connectivity index (χ3v) is 2.72. The Bertz CT molecular complexity index is 452. The third kappa shape index (κ3) is 3.37. The van der Waals surface area contributed by atoms with E-state index in [1.807, 2.05) is 20.8 Å². The lowest BCUT2D eigenvalue weighted by atomic mass is 10.1. The van der Waals surface area contributed by atoms with Gasteiger partial charge in [0, 0.05) is 12.6 Å². The summed E-state index contributed by atoms with van der Waals surface area (Å²) in [5.41, 5.74) is 5.78. The Morgan fingerprint density at radius 2 is 2.37 bits per heavy atom. The smallest absolute Gasteiger partial charge is 0.411 e. The summed E-state index contributed by atoms with van der Waals surface area (Å²) in [7, 11) is 0. The van der Waals surface area contributed by atoms with E-state index >= 15 is 0 Å². The largest absolute Gasteiger partial charge is 0.444 e. The van der Waals surface area contributed by atoms with Crippen LogP contribution in [0.4, 0.5) is 10.6 Å². The van der Waals surface area contributed by atoms with Gasteiger partial charge in [-0.2, -0.15) is 5.10 Å². The van der Waals surface area contributed by atoms with E-state index in [0.717, 1.165) is 0 Å². The highest BCUT2D eigenvalue weighted by Gasteiger charge is 2.33. The number of nitrogen functional groups attached to an aromatic ring is 1. The van der Waals surface area contributed by atoms with Crippen molar-refractivity contribution in [3.8, 4) is 0 Å². The Labute approximate surface area is 112 Å². The molecule has 7 heteroatoms. The zero-order valence-corrected chi connectivity index (χ0v) is 11.5. The minimum atomic E-state index is -0.523. The molecular formula is C12H20N4O3. The maximum atomic E-state index is 12.2. The lowest BCUT2D eigenvalue weighted by Gasteiger charge is -2.35. The van der Waals surface area contributed by atoms with Crippen molar-refractivity contribution in [2.45, 2.75) is 32.4 Å². The molecule has 7 nitrogen and oxygen atoms in total. The van der Waals surface area contributed by atoms with Crippen molar-refractivity contribution < 1.29 is 14.3 Å². The minimum absolute atomic E-state index is 0.267. The van der Waals surface area contributed by atoms with Crippen LogP contribution in [0.3, 0.4) is 0 Å². The molecule has 1 saturated heterocycles. The highest BCUT2D eigenvalue weighted by atomic mass is 16.6. The summed E-state index contributed by atoms with van der Waals surface area (Å²) < 4.78 is 10.8. The van der Waals surface area contributed by atoms with Crippen LogP contribution in [0.2, 0.25) is 0 Å². The number of nitrogens with one attached hydrogen (secondary N) is 1.